The van der Waals surface area contributed by atoms with Crippen LogP contribution in [0.5, 0.6) is 0 Å². The van der Waals surface area contributed by atoms with Crippen LogP contribution in [-0.2, 0) is 16.6 Å². The maximum absolute atomic E-state index is 12.4. The van der Waals surface area contributed by atoms with E-state index in [9.17, 15) is 8.42 Å². The summed E-state index contributed by atoms with van der Waals surface area (Å²) in [7, 11) is -3.19. The fraction of sp³-hybridized carbons (Fsp3) is 0.765. The molecule has 10 heteroatoms. The molecule has 154 valence electrons. The Morgan fingerprint density at radius 1 is 1.30 bits per heavy atom. The lowest BCUT2D eigenvalue weighted by Gasteiger charge is -2.25. The van der Waals surface area contributed by atoms with Gasteiger partial charge in [-0.25, -0.2) is 12.7 Å². The molecule has 0 saturated carbocycles. The van der Waals surface area contributed by atoms with Crippen molar-refractivity contribution >= 4 is 27.7 Å². The molecule has 0 aromatic carbocycles. The molecule has 0 unspecified atom stereocenters. The number of sulfonamides is 1. The van der Waals surface area contributed by atoms with Crippen LogP contribution in [0.3, 0.4) is 0 Å². The summed E-state index contributed by atoms with van der Waals surface area (Å²) in [6.07, 6.45) is 0.877. The Labute approximate surface area is 167 Å². The van der Waals surface area contributed by atoms with Crippen LogP contribution in [-0.4, -0.2) is 78.4 Å². The van der Waals surface area contributed by atoms with Gasteiger partial charge in [-0.1, -0.05) is 0 Å². The van der Waals surface area contributed by atoms with E-state index in [0.29, 0.717) is 32.1 Å². The highest BCUT2D eigenvalue weighted by Crippen LogP contribution is 2.13. The molecular formula is C17H32N6O2S2. The zero-order valence-electron chi connectivity index (χ0n) is 16.6. The van der Waals surface area contributed by atoms with Gasteiger partial charge in [0.2, 0.25) is 10.0 Å². The molecule has 1 aromatic rings. The Hall–Kier alpha value is -1.26. The molecule has 1 aliphatic heterocycles. The summed E-state index contributed by atoms with van der Waals surface area (Å²) in [5.74, 6) is 2.52. The molecule has 1 aromatic heterocycles. The molecule has 1 fully saturated rings. The van der Waals surface area contributed by atoms with Crippen LogP contribution in [0.15, 0.2) is 11.1 Å². The summed E-state index contributed by atoms with van der Waals surface area (Å²) in [6, 6.07) is 2.07. The summed E-state index contributed by atoms with van der Waals surface area (Å²) in [5.41, 5.74) is 2.18. The number of hydrogen-bond acceptors (Lipinski definition) is 5. The molecule has 1 saturated heterocycles. The highest BCUT2D eigenvalue weighted by Gasteiger charge is 2.23. The highest BCUT2D eigenvalue weighted by molar-refractivity contribution is 7.99. The SMILES string of the molecule is CCNC(=NCCCn1nc(C)cc1C)NCCS(=O)(=O)N1CCSCC1. The number of rotatable bonds is 9. The van der Waals surface area contributed by atoms with Crippen LogP contribution in [0.25, 0.3) is 0 Å². The van der Waals surface area contributed by atoms with Gasteiger partial charge in [0.05, 0.1) is 11.4 Å². The fourth-order valence-electron chi connectivity index (χ4n) is 2.91. The number of nitrogens with one attached hydrogen (secondary N) is 2. The van der Waals surface area contributed by atoms with Crippen LogP contribution in [0.1, 0.15) is 24.7 Å². The van der Waals surface area contributed by atoms with Crippen LogP contribution in [0, 0.1) is 13.8 Å². The van der Waals surface area contributed by atoms with Gasteiger partial charge < -0.3 is 10.6 Å². The predicted molar refractivity (Wildman–Crippen MR) is 113 cm³/mol. The summed E-state index contributed by atoms with van der Waals surface area (Å²) in [5, 5.41) is 10.8. The minimum absolute atomic E-state index is 0.0911. The smallest absolute Gasteiger partial charge is 0.215 e. The van der Waals surface area contributed by atoms with E-state index in [1.54, 1.807) is 16.1 Å². The van der Waals surface area contributed by atoms with Crippen molar-refractivity contribution in [3.8, 4) is 0 Å². The molecule has 2 rings (SSSR count). The quantitative estimate of drug-likeness (QED) is 0.352. The third kappa shape index (κ3) is 7.34. The maximum Gasteiger partial charge on any atom is 0.215 e. The second-order valence-corrected chi connectivity index (χ2v) is 9.83. The molecule has 0 bridgehead atoms. The first kappa shape index (κ1) is 22.0. The van der Waals surface area contributed by atoms with Gasteiger partial charge in [0.1, 0.15) is 0 Å². The fourth-order valence-corrected chi connectivity index (χ4v) is 5.40. The first-order valence-electron chi connectivity index (χ1n) is 9.51. The maximum atomic E-state index is 12.4. The van der Waals surface area contributed by atoms with Crippen molar-refractivity contribution in [2.75, 3.05) is 50.0 Å². The second-order valence-electron chi connectivity index (χ2n) is 6.52. The minimum Gasteiger partial charge on any atom is -0.357 e. The third-order valence-electron chi connectivity index (χ3n) is 4.26. The van der Waals surface area contributed by atoms with E-state index in [2.05, 4.69) is 33.7 Å². The Morgan fingerprint density at radius 3 is 2.67 bits per heavy atom. The van der Waals surface area contributed by atoms with Crippen molar-refractivity contribution in [3.63, 3.8) is 0 Å². The van der Waals surface area contributed by atoms with Crippen LogP contribution in [0.4, 0.5) is 0 Å². The second kappa shape index (κ2) is 10.9. The molecular weight excluding hydrogens is 384 g/mol. The first-order valence-corrected chi connectivity index (χ1v) is 12.3. The zero-order chi connectivity index (χ0) is 19.7. The van der Waals surface area contributed by atoms with E-state index in [1.165, 1.54) is 0 Å². The highest BCUT2D eigenvalue weighted by atomic mass is 32.2. The van der Waals surface area contributed by atoms with Gasteiger partial charge >= 0.3 is 0 Å². The van der Waals surface area contributed by atoms with Gasteiger partial charge in [0, 0.05) is 56.5 Å². The van der Waals surface area contributed by atoms with E-state index < -0.39 is 10.0 Å². The first-order chi connectivity index (χ1) is 12.9. The summed E-state index contributed by atoms with van der Waals surface area (Å²) in [4.78, 5) is 4.54. The largest absolute Gasteiger partial charge is 0.357 e. The zero-order valence-corrected chi connectivity index (χ0v) is 18.2. The number of hydrogen-bond donors (Lipinski definition) is 2. The number of guanidine groups is 1. The topological polar surface area (TPSA) is 91.6 Å². The Balaban J connectivity index is 1.76. The van der Waals surface area contributed by atoms with Crippen LogP contribution in [0.2, 0.25) is 0 Å². The number of aliphatic imine (C=N–C) groups is 1. The van der Waals surface area contributed by atoms with Crippen molar-refractivity contribution in [1.29, 1.82) is 0 Å². The van der Waals surface area contributed by atoms with Crippen molar-refractivity contribution in [1.82, 2.24) is 24.7 Å². The molecule has 8 nitrogen and oxygen atoms in total. The van der Waals surface area contributed by atoms with Gasteiger partial charge in [0.25, 0.3) is 0 Å². The molecule has 2 heterocycles. The molecule has 0 atom stereocenters. The molecule has 0 aliphatic carbocycles. The van der Waals surface area contributed by atoms with Gasteiger partial charge in [-0.05, 0) is 33.3 Å². The molecule has 1 aliphatic rings. The Bertz CT molecular complexity index is 711. The Morgan fingerprint density at radius 2 is 2.04 bits per heavy atom. The minimum atomic E-state index is -3.19. The lowest BCUT2D eigenvalue weighted by molar-refractivity contribution is 0.443. The van der Waals surface area contributed by atoms with E-state index in [1.807, 2.05) is 18.5 Å². The standard InChI is InChI=1S/C17H32N6O2S2/c1-4-18-17(19-6-5-8-23-16(3)14-15(2)21-23)20-7-13-27(24,25)22-9-11-26-12-10-22/h14H,4-13H2,1-3H3,(H2,18,19,20). The molecule has 27 heavy (non-hydrogen) atoms. The molecule has 2 N–H and O–H groups in total. The van der Waals surface area contributed by atoms with E-state index in [0.717, 1.165) is 42.4 Å². The lowest BCUT2D eigenvalue weighted by Crippen LogP contribution is -2.44. The van der Waals surface area contributed by atoms with Gasteiger partial charge in [-0.15, -0.1) is 0 Å². The van der Waals surface area contributed by atoms with Gasteiger partial charge in [-0.3, -0.25) is 9.67 Å². The summed E-state index contributed by atoms with van der Waals surface area (Å²) >= 11 is 1.80. The lowest BCUT2D eigenvalue weighted by atomic mass is 10.4. The number of nitrogens with zero attached hydrogens (tertiary/aromatic N) is 4. The number of thioether (sulfide) groups is 1. The van der Waals surface area contributed by atoms with E-state index in [-0.39, 0.29) is 5.75 Å². The number of aryl methyl sites for hydroxylation is 3. The van der Waals surface area contributed by atoms with Crippen molar-refractivity contribution in [2.45, 2.75) is 33.7 Å². The molecule has 0 radical (unpaired) electrons. The van der Waals surface area contributed by atoms with Gasteiger partial charge in [-0.2, -0.15) is 16.9 Å². The number of aromatic nitrogens is 2. The van der Waals surface area contributed by atoms with Crippen molar-refractivity contribution in [3.05, 3.63) is 17.5 Å². The summed E-state index contributed by atoms with van der Waals surface area (Å²) in [6.45, 7) is 9.85. The van der Waals surface area contributed by atoms with Crippen molar-refractivity contribution in [2.24, 2.45) is 4.99 Å². The normalized spacial score (nSPS) is 16.5. The van der Waals surface area contributed by atoms with Gasteiger partial charge in [0.15, 0.2) is 5.96 Å². The van der Waals surface area contributed by atoms with Crippen LogP contribution >= 0.6 is 11.8 Å². The van der Waals surface area contributed by atoms with Crippen molar-refractivity contribution < 1.29 is 8.42 Å². The van der Waals surface area contributed by atoms with E-state index in [4.69, 9.17) is 0 Å². The monoisotopic (exact) mass is 416 g/mol. The van der Waals surface area contributed by atoms with E-state index >= 15 is 0 Å². The molecule has 0 spiro atoms. The van der Waals surface area contributed by atoms with Crippen LogP contribution < -0.4 is 10.6 Å². The Kier molecular flexibility index (Phi) is 8.91. The third-order valence-corrected chi connectivity index (χ3v) is 7.08. The average Bonchev–Trinajstić information content (AvgIpc) is 2.96. The average molecular weight is 417 g/mol. The predicted octanol–water partition coefficient (Wildman–Crippen LogP) is 0.824. The molecule has 0 amide bonds. The summed E-state index contributed by atoms with van der Waals surface area (Å²) < 4.78 is 28.4.